The Kier molecular flexibility index (Phi) is 9.44. The van der Waals surface area contributed by atoms with Crippen LogP contribution in [0.1, 0.15) is 20.7 Å². The van der Waals surface area contributed by atoms with Gasteiger partial charge in [-0.1, -0.05) is 48.6 Å². The van der Waals surface area contributed by atoms with E-state index in [9.17, 15) is 50.5 Å². The normalized spacial score (nSPS) is 21.0. The van der Waals surface area contributed by atoms with E-state index in [1.807, 2.05) is 0 Å². The van der Waals surface area contributed by atoms with Gasteiger partial charge in [0.1, 0.15) is 33.4 Å². The van der Waals surface area contributed by atoms with Crippen LogP contribution in [0.15, 0.2) is 153 Å². The number of aliphatic hydroxyl groups excluding tert-OH is 2. The summed E-state index contributed by atoms with van der Waals surface area (Å²) in [4.78, 5) is 46.1. The minimum atomic E-state index is -4.60. The number of hydrogen-bond donors (Lipinski definition) is 6. The molecule has 0 fully saturated rings. The number of anilines is 2. The van der Waals surface area contributed by atoms with E-state index in [1.165, 1.54) is 109 Å². The van der Waals surface area contributed by atoms with Gasteiger partial charge in [-0.2, -0.15) is 16.8 Å². The van der Waals surface area contributed by atoms with Crippen LogP contribution in [-0.4, -0.2) is 75.9 Å². The zero-order valence-corrected chi connectivity index (χ0v) is 28.0. The van der Waals surface area contributed by atoms with E-state index >= 15 is 0 Å². The van der Waals surface area contributed by atoms with E-state index in [4.69, 9.17) is 0 Å². The van der Waals surface area contributed by atoms with Gasteiger partial charge >= 0.3 is 6.03 Å². The first-order valence-electron chi connectivity index (χ1n) is 15.1. The Balaban J connectivity index is 1.08. The quantitative estimate of drug-likeness (QED) is 0.220. The topological polar surface area (TPSA) is 249 Å². The maximum atomic E-state index is 12.8. The third-order valence-electron chi connectivity index (χ3n) is 8.02. The highest BCUT2D eigenvalue weighted by Crippen LogP contribution is 2.33. The number of urea groups is 1. The highest BCUT2D eigenvalue weighted by Gasteiger charge is 2.35. The van der Waals surface area contributed by atoms with Gasteiger partial charge in [0.25, 0.3) is 32.1 Å². The van der Waals surface area contributed by atoms with Gasteiger partial charge in [0.15, 0.2) is 0 Å². The summed E-state index contributed by atoms with van der Waals surface area (Å²) in [7, 11) is -9.20. The maximum absolute atomic E-state index is 12.8. The number of benzene rings is 2. The number of carbonyl (C=O) groups is 3. The number of fused-ring (bicyclic) bond motifs is 2. The van der Waals surface area contributed by atoms with Gasteiger partial charge in [-0.3, -0.25) is 18.7 Å². The smallest absolute Gasteiger partial charge is 0.323 e. The summed E-state index contributed by atoms with van der Waals surface area (Å²) in [6.07, 6.45) is 13.9. The van der Waals surface area contributed by atoms with Crippen LogP contribution in [0.2, 0.25) is 0 Å². The number of amides is 4. The molecule has 0 aromatic heterocycles. The van der Waals surface area contributed by atoms with E-state index in [2.05, 4.69) is 20.6 Å². The lowest BCUT2D eigenvalue weighted by Crippen LogP contribution is -2.27. The predicted octanol–water partition coefficient (Wildman–Crippen LogP) is 4.76. The van der Waals surface area contributed by atoms with Gasteiger partial charge in [0, 0.05) is 33.6 Å². The molecule has 17 heteroatoms. The van der Waals surface area contributed by atoms with E-state index in [0.717, 1.165) is 0 Å². The van der Waals surface area contributed by atoms with Crippen molar-refractivity contribution in [1.29, 1.82) is 0 Å². The van der Waals surface area contributed by atoms with Crippen molar-refractivity contribution in [2.24, 2.45) is 9.98 Å². The molecule has 0 bridgehead atoms. The highest BCUT2D eigenvalue weighted by molar-refractivity contribution is 7.87. The van der Waals surface area contributed by atoms with E-state index in [1.54, 1.807) is 0 Å². The van der Waals surface area contributed by atoms with Crippen LogP contribution in [0.4, 0.5) is 16.2 Å². The molecule has 0 saturated carbocycles. The number of hydrogen-bond acceptors (Lipinski definition) is 9. The molecule has 4 aliphatic rings. The van der Waals surface area contributed by atoms with Crippen molar-refractivity contribution in [2.75, 3.05) is 10.6 Å². The minimum absolute atomic E-state index is 0.0867. The standard InChI is InChI=1S/C35H26N4O11S2/c40-31-25(17-11-19-3-1-5-27(29(19)31)51(45,46)47)38-33(42)21-7-13-23(14-8-21)36-35(44)37-24-15-9-22(10-16-24)34(43)39-26-18-12-20-4-2-6-28(52(48,49)50)30(20)32(26)41/h1-18,27-28,40-41H,(H2,36,37,44)(H,45,46,47)(H,48,49,50). The molecule has 2 aromatic carbocycles. The molecule has 0 heterocycles. The molecule has 2 atom stereocenters. The van der Waals surface area contributed by atoms with Crippen LogP contribution < -0.4 is 10.6 Å². The fourth-order valence-electron chi connectivity index (χ4n) is 5.54. The first kappa shape index (κ1) is 35.6. The molecule has 6 N–H and O–H groups in total. The van der Waals surface area contributed by atoms with Crippen LogP contribution in [0.25, 0.3) is 0 Å². The van der Waals surface area contributed by atoms with E-state index in [-0.39, 0.29) is 33.7 Å². The van der Waals surface area contributed by atoms with Crippen LogP contribution in [0.3, 0.4) is 0 Å². The predicted molar refractivity (Wildman–Crippen MR) is 192 cm³/mol. The Morgan fingerprint density at radius 1 is 0.577 bits per heavy atom. The monoisotopic (exact) mass is 742 g/mol. The summed E-state index contributed by atoms with van der Waals surface area (Å²) in [6.45, 7) is 0. The summed E-state index contributed by atoms with van der Waals surface area (Å²) in [5.74, 6) is -2.69. The van der Waals surface area contributed by atoms with Crippen molar-refractivity contribution in [3.05, 3.63) is 154 Å². The van der Waals surface area contributed by atoms with Crippen molar-refractivity contribution in [1.82, 2.24) is 0 Å². The number of aliphatic hydroxyl groups is 2. The molecule has 15 nitrogen and oxygen atoms in total. The molecule has 0 radical (unpaired) electrons. The average molecular weight is 743 g/mol. The summed E-state index contributed by atoms with van der Waals surface area (Å²) in [6, 6.07) is 10.5. The van der Waals surface area contributed by atoms with Gasteiger partial charge < -0.3 is 20.8 Å². The Morgan fingerprint density at radius 3 is 1.29 bits per heavy atom. The molecule has 2 unspecified atom stereocenters. The Bertz CT molecular complexity index is 2290. The maximum Gasteiger partial charge on any atom is 0.323 e. The first-order valence-corrected chi connectivity index (χ1v) is 18.1. The second-order valence-corrected chi connectivity index (χ2v) is 14.5. The average Bonchev–Trinajstić information content (AvgIpc) is 3.10. The Labute approximate surface area is 296 Å². The molecule has 0 saturated heterocycles. The molecule has 2 aromatic rings. The van der Waals surface area contributed by atoms with Gasteiger partial charge in [0.2, 0.25) is 0 Å². The van der Waals surface area contributed by atoms with E-state index in [0.29, 0.717) is 22.5 Å². The second kappa shape index (κ2) is 13.8. The second-order valence-electron chi connectivity index (χ2n) is 11.4. The number of nitrogens with zero attached hydrogens (tertiary/aromatic N) is 2. The number of aliphatic imine (C=N–C) groups is 2. The van der Waals surface area contributed by atoms with Crippen molar-refractivity contribution in [3.63, 3.8) is 0 Å². The van der Waals surface area contributed by atoms with Crippen LogP contribution in [0, 0.1) is 0 Å². The van der Waals surface area contributed by atoms with Crippen molar-refractivity contribution < 1.29 is 50.5 Å². The lowest BCUT2D eigenvalue weighted by Gasteiger charge is -2.23. The highest BCUT2D eigenvalue weighted by atomic mass is 32.2. The molecule has 0 aliphatic heterocycles. The van der Waals surface area contributed by atoms with Crippen molar-refractivity contribution >= 4 is 60.9 Å². The van der Waals surface area contributed by atoms with Crippen LogP contribution >= 0.6 is 0 Å². The zero-order valence-electron chi connectivity index (χ0n) is 26.4. The van der Waals surface area contributed by atoms with Crippen molar-refractivity contribution in [3.8, 4) is 0 Å². The number of nitrogens with one attached hydrogen (secondary N) is 2. The number of carbonyl (C=O) groups excluding carboxylic acids is 3. The molecule has 6 rings (SSSR count). The van der Waals surface area contributed by atoms with Crippen molar-refractivity contribution in [2.45, 2.75) is 10.5 Å². The SMILES string of the molecule is O=C(Nc1ccc(C(=O)N=C2C=CC3=CC=CC(S(=O)(=O)O)C3=C2O)cc1)Nc1ccc(C(=O)N=C2C=CC3=CC=CC(S(=O)(=O)O)C3=C2O)cc1. The largest absolute Gasteiger partial charge is 0.505 e. The molecule has 4 aliphatic carbocycles. The first-order chi connectivity index (χ1) is 24.6. The van der Waals surface area contributed by atoms with Crippen LogP contribution in [0.5, 0.6) is 0 Å². The molecule has 4 amide bonds. The van der Waals surface area contributed by atoms with Gasteiger partial charge in [-0.15, -0.1) is 0 Å². The van der Waals surface area contributed by atoms with Gasteiger partial charge in [-0.05, 0) is 71.8 Å². The summed E-state index contributed by atoms with van der Waals surface area (Å²) < 4.78 is 66.5. The molecular formula is C35H26N4O11S2. The Morgan fingerprint density at radius 2 is 0.942 bits per heavy atom. The molecule has 52 heavy (non-hydrogen) atoms. The summed E-state index contributed by atoms with van der Waals surface area (Å²) >= 11 is 0. The lowest BCUT2D eigenvalue weighted by atomic mass is 9.90. The fourth-order valence-corrected chi connectivity index (χ4v) is 7.21. The summed E-state index contributed by atoms with van der Waals surface area (Å²) in [5.41, 5.74) is 0.811. The third kappa shape index (κ3) is 7.42. The molecule has 264 valence electrons. The van der Waals surface area contributed by atoms with Gasteiger partial charge in [0.05, 0.1) is 0 Å². The van der Waals surface area contributed by atoms with E-state index < -0.39 is 60.1 Å². The zero-order chi connectivity index (χ0) is 37.4. The molecular weight excluding hydrogens is 717 g/mol. The Hall–Kier alpha value is -6.27. The lowest BCUT2D eigenvalue weighted by molar-refractivity contribution is 0.0994. The number of rotatable bonds is 6. The third-order valence-corrected chi connectivity index (χ3v) is 10.1. The van der Waals surface area contributed by atoms with Crippen LogP contribution in [-0.2, 0) is 20.2 Å². The molecule has 0 spiro atoms. The fraction of sp³-hybridized carbons (Fsp3) is 0.0571. The number of allylic oxidation sites excluding steroid dienone is 10. The summed E-state index contributed by atoms with van der Waals surface area (Å²) in [5, 5.41) is 23.5. The minimum Gasteiger partial charge on any atom is -0.505 e. The van der Waals surface area contributed by atoms with Gasteiger partial charge in [-0.25, -0.2) is 14.8 Å².